The standard InChI is InChI=1S/C15H20F3NO2/c1-2-19-14(9-20-10-15(16,17)18)11-3-5-12(6-4-11)21-13-7-8-13/h3-6,13-14,19H,2,7-10H2,1H3. The maximum Gasteiger partial charge on any atom is 0.411 e. The fraction of sp³-hybridized carbons (Fsp3) is 0.600. The number of hydrogen-bond donors (Lipinski definition) is 1. The molecule has 0 aromatic heterocycles. The molecule has 1 aliphatic carbocycles. The van der Waals surface area contributed by atoms with Gasteiger partial charge in [-0.2, -0.15) is 13.2 Å². The molecule has 0 bridgehead atoms. The molecule has 118 valence electrons. The summed E-state index contributed by atoms with van der Waals surface area (Å²) in [7, 11) is 0. The Morgan fingerprint density at radius 1 is 1.24 bits per heavy atom. The third-order valence-electron chi connectivity index (χ3n) is 3.11. The minimum absolute atomic E-state index is 0.0177. The third kappa shape index (κ3) is 5.93. The SMILES string of the molecule is CCNC(COCC(F)(F)F)c1ccc(OC2CC2)cc1. The predicted octanol–water partition coefficient (Wildman–Crippen LogP) is 3.46. The monoisotopic (exact) mass is 303 g/mol. The van der Waals surface area contributed by atoms with E-state index in [2.05, 4.69) is 5.32 Å². The average Bonchev–Trinajstić information content (AvgIpc) is 3.21. The van der Waals surface area contributed by atoms with Gasteiger partial charge in [-0.25, -0.2) is 0 Å². The van der Waals surface area contributed by atoms with Crippen LogP contribution in [0.15, 0.2) is 24.3 Å². The largest absolute Gasteiger partial charge is 0.490 e. The van der Waals surface area contributed by atoms with E-state index < -0.39 is 12.8 Å². The molecule has 0 radical (unpaired) electrons. The molecule has 1 aromatic carbocycles. The van der Waals surface area contributed by atoms with Gasteiger partial charge in [-0.3, -0.25) is 0 Å². The molecule has 1 unspecified atom stereocenters. The zero-order valence-corrected chi connectivity index (χ0v) is 12.0. The molecule has 1 saturated carbocycles. The number of hydrogen-bond acceptors (Lipinski definition) is 3. The Labute approximate surface area is 122 Å². The summed E-state index contributed by atoms with van der Waals surface area (Å²) in [6, 6.07) is 7.17. The van der Waals surface area contributed by atoms with Crippen LogP contribution in [0.5, 0.6) is 5.75 Å². The van der Waals surface area contributed by atoms with Crippen molar-refractivity contribution >= 4 is 0 Å². The molecular weight excluding hydrogens is 283 g/mol. The fourth-order valence-electron chi connectivity index (χ4n) is 1.97. The van der Waals surface area contributed by atoms with Crippen molar-refractivity contribution < 1.29 is 22.6 Å². The van der Waals surface area contributed by atoms with Gasteiger partial charge < -0.3 is 14.8 Å². The first kappa shape index (κ1) is 16.1. The van der Waals surface area contributed by atoms with Gasteiger partial charge in [0.2, 0.25) is 0 Å². The molecule has 1 aromatic rings. The van der Waals surface area contributed by atoms with Crippen molar-refractivity contribution in [1.82, 2.24) is 5.32 Å². The second-order valence-electron chi connectivity index (χ2n) is 5.13. The van der Waals surface area contributed by atoms with Gasteiger partial charge >= 0.3 is 6.18 Å². The highest BCUT2D eigenvalue weighted by atomic mass is 19.4. The quantitative estimate of drug-likeness (QED) is 0.798. The molecule has 6 heteroatoms. The van der Waals surface area contributed by atoms with E-state index in [1.54, 1.807) is 0 Å². The zero-order valence-electron chi connectivity index (χ0n) is 12.0. The molecular formula is C15H20F3NO2. The van der Waals surface area contributed by atoms with Crippen LogP contribution < -0.4 is 10.1 Å². The van der Waals surface area contributed by atoms with E-state index in [9.17, 15) is 13.2 Å². The normalized spacial score (nSPS) is 16.8. The summed E-state index contributed by atoms with van der Waals surface area (Å²) in [5.74, 6) is 0.799. The molecule has 1 N–H and O–H groups in total. The van der Waals surface area contributed by atoms with Crippen LogP contribution in [0.4, 0.5) is 13.2 Å². The Kier molecular flexibility index (Phi) is 5.47. The maximum absolute atomic E-state index is 12.1. The molecule has 0 spiro atoms. The van der Waals surface area contributed by atoms with Crippen LogP contribution in [-0.4, -0.2) is 32.0 Å². The van der Waals surface area contributed by atoms with Gasteiger partial charge in [-0.1, -0.05) is 19.1 Å². The van der Waals surface area contributed by atoms with Crippen LogP contribution in [0.1, 0.15) is 31.4 Å². The number of likely N-dealkylation sites (N-methyl/N-ethyl adjacent to an activating group) is 1. The van der Waals surface area contributed by atoms with Crippen molar-refractivity contribution in [3.63, 3.8) is 0 Å². The summed E-state index contributed by atoms with van der Waals surface area (Å²) in [5.41, 5.74) is 0.891. The maximum atomic E-state index is 12.1. The number of halogens is 3. The van der Waals surface area contributed by atoms with E-state index in [4.69, 9.17) is 9.47 Å². The van der Waals surface area contributed by atoms with Crippen LogP contribution in [0.2, 0.25) is 0 Å². The first-order valence-corrected chi connectivity index (χ1v) is 7.12. The van der Waals surface area contributed by atoms with Crippen LogP contribution in [0.25, 0.3) is 0 Å². The molecule has 0 aliphatic heterocycles. The third-order valence-corrected chi connectivity index (χ3v) is 3.11. The Morgan fingerprint density at radius 3 is 2.43 bits per heavy atom. The molecule has 1 atom stereocenters. The minimum atomic E-state index is -4.29. The lowest BCUT2D eigenvalue weighted by molar-refractivity contribution is -0.175. The van der Waals surface area contributed by atoms with E-state index in [-0.39, 0.29) is 12.6 Å². The molecule has 2 rings (SSSR count). The van der Waals surface area contributed by atoms with Crippen molar-refractivity contribution in [3.05, 3.63) is 29.8 Å². The van der Waals surface area contributed by atoms with Crippen LogP contribution >= 0.6 is 0 Å². The summed E-state index contributed by atoms with van der Waals surface area (Å²) >= 11 is 0. The Morgan fingerprint density at radius 2 is 1.90 bits per heavy atom. The van der Waals surface area contributed by atoms with Gasteiger partial charge in [0.05, 0.1) is 18.8 Å². The summed E-state index contributed by atoms with van der Waals surface area (Å²) in [6.45, 7) is 1.32. The van der Waals surface area contributed by atoms with Gasteiger partial charge in [-0.15, -0.1) is 0 Å². The zero-order chi connectivity index (χ0) is 15.3. The molecule has 1 fully saturated rings. The molecule has 0 heterocycles. The van der Waals surface area contributed by atoms with Crippen LogP contribution in [0, 0.1) is 0 Å². The van der Waals surface area contributed by atoms with Crippen LogP contribution in [0.3, 0.4) is 0 Å². The Bertz CT molecular complexity index is 430. The predicted molar refractivity (Wildman–Crippen MR) is 73.4 cm³/mol. The molecule has 3 nitrogen and oxygen atoms in total. The van der Waals surface area contributed by atoms with Gasteiger partial charge in [0.25, 0.3) is 0 Å². The number of ether oxygens (including phenoxy) is 2. The van der Waals surface area contributed by atoms with Crippen LogP contribution in [-0.2, 0) is 4.74 Å². The number of nitrogens with one attached hydrogen (secondary N) is 1. The van der Waals surface area contributed by atoms with Gasteiger partial charge in [0.1, 0.15) is 12.4 Å². The summed E-state index contributed by atoms with van der Waals surface area (Å²) in [4.78, 5) is 0. The van der Waals surface area contributed by atoms with E-state index in [1.165, 1.54) is 0 Å². The topological polar surface area (TPSA) is 30.5 Å². The van der Waals surface area contributed by atoms with E-state index in [0.717, 1.165) is 24.2 Å². The molecule has 21 heavy (non-hydrogen) atoms. The van der Waals surface area contributed by atoms with E-state index in [1.807, 2.05) is 31.2 Å². The highest BCUT2D eigenvalue weighted by Gasteiger charge is 2.28. The summed E-state index contributed by atoms with van der Waals surface area (Å²) < 4.78 is 46.7. The summed E-state index contributed by atoms with van der Waals surface area (Å²) in [6.07, 6.45) is -1.78. The lowest BCUT2D eigenvalue weighted by atomic mass is 10.1. The lowest BCUT2D eigenvalue weighted by Crippen LogP contribution is -2.27. The first-order chi connectivity index (χ1) is 9.98. The number of alkyl halides is 3. The highest BCUT2D eigenvalue weighted by molar-refractivity contribution is 5.29. The van der Waals surface area contributed by atoms with Gasteiger partial charge in [-0.05, 0) is 37.1 Å². The molecule has 0 amide bonds. The second-order valence-corrected chi connectivity index (χ2v) is 5.13. The number of rotatable bonds is 8. The van der Waals surface area contributed by atoms with E-state index >= 15 is 0 Å². The minimum Gasteiger partial charge on any atom is -0.490 e. The van der Waals surface area contributed by atoms with Gasteiger partial charge in [0, 0.05) is 0 Å². The molecule has 0 saturated heterocycles. The fourth-order valence-corrected chi connectivity index (χ4v) is 1.97. The molecule has 1 aliphatic rings. The van der Waals surface area contributed by atoms with Crippen molar-refractivity contribution in [3.8, 4) is 5.75 Å². The smallest absolute Gasteiger partial charge is 0.411 e. The highest BCUT2D eigenvalue weighted by Crippen LogP contribution is 2.27. The lowest BCUT2D eigenvalue weighted by Gasteiger charge is -2.19. The second kappa shape index (κ2) is 7.13. The number of benzene rings is 1. The first-order valence-electron chi connectivity index (χ1n) is 7.12. The average molecular weight is 303 g/mol. The van der Waals surface area contributed by atoms with Crippen molar-refractivity contribution in [2.75, 3.05) is 19.8 Å². The van der Waals surface area contributed by atoms with Crippen molar-refractivity contribution in [2.45, 2.75) is 38.1 Å². The van der Waals surface area contributed by atoms with Gasteiger partial charge in [0.15, 0.2) is 0 Å². The Balaban J connectivity index is 1.89. The Hall–Kier alpha value is -1.27. The van der Waals surface area contributed by atoms with E-state index in [0.29, 0.717) is 12.6 Å². The summed E-state index contributed by atoms with van der Waals surface area (Å²) in [5, 5.41) is 3.12. The van der Waals surface area contributed by atoms with Crippen molar-refractivity contribution in [1.29, 1.82) is 0 Å². The van der Waals surface area contributed by atoms with Crippen molar-refractivity contribution in [2.24, 2.45) is 0 Å².